The smallest absolute Gasteiger partial charge is 0.271 e. The first-order chi connectivity index (χ1) is 11.1. The minimum absolute atomic E-state index is 0.141. The van der Waals surface area contributed by atoms with Crippen molar-refractivity contribution in [2.24, 2.45) is 0 Å². The molecule has 3 rings (SSSR count). The first-order valence-electron chi connectivity index (χ1n) is 7.14. The molecule has 0 aliphatic heterocycles. The van der Waals surface area contributed by atoms with Gasteiger partial charge in [0.1, 0.15) is 4.70 Å². The number of aromatic nitrogens is 3. The van der Waals surface area contributed by atoms with Gasteiger partial charge in [0.05, 0.1) is 0 Å². The van der Waals surface area contributed by atoms with Crippen LogP contribution in [-0.2, 0) is 0 Å². The molecule has 1 N–H and O–H groups in total. The molecule has 8 heteroatoms. The predicted octanol–water partition coefficient (Wildman–Crippen LogP) is 5.05. The minimum atomic E-state index is -0.141. The number of unbranched alkanes of at least 4 members (excludes halogenated alkanes) is 1. The fraction of sp³-hybridized carbons (Fsp3) is 0.267. The summed E-state index contributed by atoms with van der Waals surface area (Å²) in [5.41, 5.74) is 1.32. The van der Waals surface area contributed by atoms with Crippen molar-refractivity contribution in [3.05, 3.63) is 43.6 Å². The predicted molar refractivity (Wildman–Crippen MR) is 101 cm³/mol. The Hall–Kier alpha value is -1.15. The fourth-order valence-corrected chi connectivity index (χ4v) is 4.43. The van der Waals surface area contributed by atoms with Crippen LogP contribution in [0, 0.1) is 3.95 Å². The van der Waals surface area contributed by atoms with E-state index in [4.69, 9.17) is 23.8 Å². The van der Waals surface area contributed by atoms with Gasteiger partial charge in [-0.15, -0.1) is 0 Å². The summed E-state index contributed by atoms with van der Waals surface area (Å²) in [5.74, 6) is 0.927. The monoisotopic (exact) mass is 383 g/mol. The van der Waals surface area contributed by atoms with Crippen LogP contribution < -0.4 is 5.56 Å². The van der Waals surface area contributed by atoms with E-state index in [2.05, 4.69) is 16.9 Å². The van der Waals surface area contributed by atoms with Gasteiger partial charge < -0.3 is 4.98 Å². The van der Waals surface area contributed by atoms with Crippen molar-refractivity contribution in [3.63, 3.8) is 0 Å². The van der Waals surface area contributed by atoms with Crippen LogP contribution in [0.4, 0.5) is 0 Å². The Kier molecular flexibility index (Phi) is 5.21. The first kappa shape index (κ1) is 16.7. The molecular weight excluding hydrogens is 370 g/mol. The van der Waals surface area contributed by atoms with Crippen molar-refractivity contribution >= 4 is 57.3 Å². The van der Waals surface area contributed by atoms with Crippen LogP contribution in [-0.4, -0.2) is 20.3 Å². The molecule has 0 saturated carbocycles. The average Bonchev–Trinajstić information content (AvgIpc) is 2.86. The Balaban J connectivity index is 2.14. The van der Waals surface area contributed by atoms with E-state index in [0.717, 1.165) is 24.3 Å². The van der Waals surface area contributed by atoms with E-state index < -0.39 is 0 Å². The molecule has 0 amide bonds. The summed E-state index contributed by atoms with van der Waals surface area (Å²) in [7, 11) is 0. The number of fused-ring (bicyclic) bond motifs is 1. The number of nitrogens with zero attached hydrogens (tertiary/aromatic N) is 2. The van der Waals surface area contributed by atoms with Crippen LogP contribution in [0.3, 0.4) is 0 Å². The second kappa shape index (κ2) is 7.17. The quantitative estimate of drug-likeness (QED) is 0.290. The van der Waals surface area contributed by atoms with Gasteiger partial charge in [-0.25, -0.2) is 4.98 Å². The molecule has 2 aromatic heterocycles. The molecule has 0 fully saturated rings. The van der Waals surface area contributed by atoms with Crippen molar-refractivity contribution in [2.45, 2.75) is 24.9 Å². The Morgan fingerprint density at radius 2 is 2.13 bits per heavy atom. The molecule has 0 atom stereocenters. The molecule has 0 unspecified atom stereocenters. The molecule has 3 aromatic rings. The maximum atomic E-state index is 12.3. The normalized spacial score (nSPS) is 11.2. The number of benzene rings is 1. The molecule has 23 heavy (non-hydrogen) atoms. The lowest BCUT2D eigenvalue weighted by Crippen LogP contribution is -2.09. The van der Waals surface area contributed by atoms with E-state index in [1.165, 1.54) is 11.3 Å². The van der Waals surface area contributed by atoms with Crippen LogP contribution in [0.1, 0.15) is 19.8 Å². The number of aromatic amines is 1. The minimum Gasteiger partial charge on any atom is -0.300 e. The second-order valence-electron chi connectivity index (χ2n) is 4.91. The molecule has 0 spiro atoms. The van der Waals surface area contributed by atoms with Crippen LogP contribution in [0.2, 0.25) is 5.02 Å². The molecule has 1 aromatic carbocycles. The maximum absolute atomic E-state index is 12.3. The van der Waals surface area contributed by atoms with Crippen LogP contribution >= 0.6 is 46.9 Å². The van der Waals surface area contributed by atoms with Gasteiger partial charge in [-0.3, -0.25) is 9.36 Å². The van der Waals surface area contributed by atoms with Gasteiger partial charge in [0, 0.05) is 16.5 Å². The lowest BCUT2D eigenvalue weighted by atomic mass is 10.3. The third kappa shape index (κ3) is 3.52. The Bertz CT molecular complexity index is 943. The van der Waals surface area contributed by atoms with Crippen LogP contribution in [0.5, 0.6) is 0 Å². The summed E-state index contributed by atoms with van der Waals surface area (Å²) in [6.45, 7) is 2.14. The third-order valence-corrected chi connectivity index (χ3v) is 5.82. The van der Waals surface area contributed by atoms with E-state index in [9.17, 15) is 4.79 Å². The van der Waals surface area contributed by atoms with Crippen molar-refractivity contribution < 1.29 is 0 Å². The molecule has 2 heterocycles. The van der Waals surface area contributed by atoms with Crippen molar-refractivity contribution in [1.82, 2.24) is 14.5 Å². The number of hydrogen-bond donors (Lipinski definition) is 1. The highest BCUT2D eigenvalue weighted by molar-refractivity contribution is 7.99. The van der Waals surface area contributed by atoms with Gasteiger partial charge in [0.25, 0.3) is 5.56 Å². The average molecular weight is 384 g/mol. The first-order valence-corrected chi connectivity index (χ1v) is 9.73. The summed E-state index contributed by atoms with van der Waals surface area (Å²) in [6.07, 6.45) is 2.19. The second-order valence-corrected chi connectivity index (χ2v) is 8.07. The Morgan fingerprint density at radius 3 is 2.83 bits per heavy atom. The fourth-order valence-electron chi connectivity index (χ4n) is 2.09. The molecule has 0 bridgehead atoms. The summed E-state index contributed by atoms with van der Waals surface area (Å²) in [5, 5.41) is 1.29. The standard InChI is InChI=1S/C15H14ClN3OS3/c1-2-3-8-22-14-17-12-11(13(20)18-14)23-15(21)19(12)10-6-4-9(16)5-7-10/h4-7H,2-3,8H2,1H3,(H,17,18,20). The number of rotatable bonds is 5. The summed E-state index contributed by atoms with van der Waals surface area (Å²) < 4.78 is 2.96. The molecule has 0 radical (unpaired) electrons. The lowest BCUT2D eigenvalue weighted by molar-refractivity contribution is 0.886. The summed E-state index contributed by atoms with van der Waals surface area (Å²) >= 11 is 14.2. The Labute approximate surface area is 151 Å². The number of nitrogens with one attached hydrogen (secondary N) is 1. The van der Waals surface area contributed by atoms with Crippen molar-refractivity contribution in [2.75, 3.05) is 5.75 Å². The van der Waals surface area contributed by atoms with E-state index >= 15 is 0 Å². The number of thioether (sulfide) groups is 1. The number of halogens is 1. The largest absolute Gasteiger partial charge is 0.300 e. The highest BCUT2D eigenvalue weighted by Gasteiger charge is 2.13. The SMILES string of the molecule is CCCCSc1nc2c(sc(=S)n2-c2ccc(Cl)cc2)c(=O)[nH]1. The molecule has 4 nitrogen and oxygen atoms in total. The highest BCUT2D eigenvalue weighted by Crippen LogP contribution is 2.25. The molecule has 0 saturated heterocycles. The topological polar surface area (TPSA) is 50.7 Å². The molecular formula is C15H14ClN3OS3. The van der Waals surface area contributed by atoms with Crippen LogP contribution in [0.25, 0.3) is 16.0 Å². The van der Waals surface area contributed by atoms with Gasteiger partial charge in [-0.1, -0.05) is 48.0 Å². The van der Waals surface area contributed by atoms with E-state index in [1.54, 1.807) is 23.9 Å². The van der Waals surface area contributed by atoms with Crippen molar-refractivity contribution in [3.8, 4) is 5.69 Å². The van der Waals surface area contributed by atoms with Crippen molar-refractivity contribution in [1.29, 1.82) is 0 Å². The summed E-state index contributed by atoms with van der Waals surface area (Å²) in [6, 6.07) is 7.34. The van der Waals surface area contributed by atoms with Crippen LogP contribution in [0.15, 0.2) is 34.2 Å². The van der Waals surface area contributed by atoms with E-state index in [-0.39, 0.29) is 5.56 Å². The summed E-state index contributed by atoms with van der Waals surface area (Å²) in [4.78, 5) is 19.7. The zero-order valence-corrected chi connectivity index (χ0v) is 15.5. The van der Waals surface area contributed by atoms with Gasteiger partial charge in [0.2, 0.25) is 0 Å². The zero-order valence-electron chi connectivity index (χ0n) is 12.3. The van der Waals surface area contributed by atoms with Gasteiger partial charge in [-0.2, -0.15) is 0 Å². The molecule has 0 aliphatic carbocycles. The van der Waals surface area contributed by atoms with Gasteiger partial charge >= 0.3 is 0 Å². The van der Waals surface area contributed by atoms with Gasteiger partial charge in [0.15, 0.2) is 14.8 Å². The third-order valence-electron chi connectivity index (χ3n) is 3.24. The zero-order chi connectivity index (χ0) is 16.4. The van der Waals surface area contributed by atoms with Gasteiger partial charge in [-0.05, 0) is 42.9 Å². The number of H-pyrrole nitrogens is 1. The Morgan fingerprint density at radius 1 is 1.39 bits per heavy atom. The van der Waals surface area contributed by atoms with E-state index in [1.807, 2.05) is 16.7 Å². The van der Waals surface area contributed by atoms with E-state index in [0.29, 0.717) is 24.5 Å². The lowest BCUT2D eigenvalue weighted by Gasteiger charge is -2.05. The number of hydrogen-bond acceptors (Lipinski definition) is 5. The number of thiazole rings is 1. The molecule has 0 aliphatic rings. The molecule has 120 valence electrons. The maximum Gasteiger partial charge on any atom is 0.271 e. The highest BCUT2D eigenvalue weighted by atomic mass is 35.5.